The summed E-state index contributed by atoms with van der Waals surface area (Å²) in [6.07, 6.45) is 0.884. The van der Waals surface area contributed by atoms with Crippen LogP contribution in [0.2, 0.25) is 10.0 Å². The van der Waals surface area contributed by atoms with E-state index >= 15 is 0 Å². The van der Waals surface area contributed by atoms with Gasteiger partial charge in [-0.2, -0.15) is 0 Å². The minimum absolute atomic E-state index is 0. The van der Waals surface area contributed by atoms with Gasteiger partial charge in [0.1, 0.15) is 10.1 Å². The van der Waals surface area contributed by atoms with Crippen molar-refractivity contribution in [2.75, 3.05) is 11.0 Å². The Labute approximate surface area is 127 Å². The molecule has 18 heavy (non-hydrogen) atoms. The molecule has 0 saturated carbocycles. The van der Waals surface area contributed by atoms with E-state index in [0.717, 1.165) is 18.4 Å². The number of hydrogen-bond donors (Lipinski definition) is 1. The molecule has 0 amide bonds. The van der Waals surface area contributed by atoms with Crippen LogP contribution in [0.3, 0.4) is 0 Å². The monoisotopic (exact) mass is 325 g/mol. The number of rotatable bonds is 3. The molecule has 1 rings (SSSR count). The zero-order chi connectivity index (χ0) is 13.4. The van der Waals surface area contributed by atoms with Crippen molar-refractivity contribution < 1.29 is 40.2 Å². The van der Waals surface area contributed by atoms with E-state index in [4.69, 9.17) is 23.2 Å². The Morgan fingerprint density at radius 2 is 1.61 bits per heavy atom. The van der Waals surface area contributed by atoms with Crippen molar-refractivity contribution in [1.82, 2.24) is 0 Å². The molecule has 0 bridgehead atoms. The maximum atomic E-state index is 11.0. The number of halogens is 2. The van der Waals surface area contributed by atoms with Crippen LogP contribution in [0, 0.1) is 0 Å². The number of anilines is 1. The van der Waals surface area contributed by atoms with Gasteiger partial charge >= 0.3 is 18.9 Å². The molecule has 1 aromatic rings. The quantitative estimate of drug-likeness (QED) is 0.525. The summed E-state index contributed by atoms with van der Waals surface area (Å²) in [4.78, 5) is -0.705. The molecule has 0 aromatic heterocycles. The number of benzene rings is 1. The van der Waals surface area contributed by atoms with E-state index in [1.807, 2.05) is 4.72 Å². The van der Waals surface area contributed by atoms with Crippen molar-refractivity contribution in [3.8, 4) is 0 Å². The number of hydrogen-bond acceptors (Lipinski definition) is 5. The van der Waals surface area contributed by atoms with Crippen LogP contribution in [-0.2, 0) is 20.1 Å². The van der Waals surface area contributed by atoms with Gasteiger partial charge in [-0.05, 0) is 12.1 Å². The van der Waals surface area contributed by atoms with Crippen molar-refractivity contribution in [1.29, 1.82) is 0 Å². The van der Waals surface area contributed by atoms with E-state index in [9.17, 15) is 21.4 Å². The van der Waals surface area contributed by atoms with Crippen molar-refractivity contribution in [3.05, 3.63) is 22.2 Å². The third-order valence-electron chi connectivity index (χ3n) is 1.59. The summed E-state index contributed by atoms with van der Waals surface area (Å²) in [5.41, 5.74) is -0.105. The predicted octanol–water partition coefficient (Wildman–Crippen LogP) is -1.73. The van der Waals surface area contributed by atoms with Gasteiger partial charge in [0.05, 0.1) is 26.9 Å². The van der Waals surface area contributed by atoms with Crippen LogP contribution in [0.1, 0.15) is 0 Å². The molecule has 0 aliphatic rings. The van der Waals surface area contributed by atoms with Gasteiger partial charge in [-0.1, -0.05) is 23.2 Å². The topological polar surface area (TPSA) is 103 Å². The summed E-state index contributed by atoms with van der Waals surface area (Å²) in [7, 11) is -8.35. The maximum Gasteiger partial charge on any atom is 1.00 e. The van der Waals surface area contributed by atoms with Gasteiger partial charge < -0.3 is 4.55 Å². The van der Waals surface area contributed by atoms with Crippen LogP contribution in [0.15, 0.2) is 17.0 Å². The SMILES string of the molecule is CS(=O)(=O)Nc1cc(Cl)c(S(=O)(=O)[O-])cc1Cl.[Li+]. The molecular formula is C7H6Cl2LiNO5S2. The van der Waals surface area contributed by atoms with E-state index in [0.29, 0.717) is 0 Å². The molecule has 0 aliphatic heterocycles. The second-order valence-corrected chi connectivity index (χ2v) is 7.00. The minimum Gasteiger partial charge on any atom is -0.744 e. The van der Waals surface area contributed by atoms with Gasteiger partial charge in [0, 0.05) is 0 Å². The van der Waals surface area contributed by atoms with E-state index in [-0.39, 0.29) is 29.6 Å². The molecular weight excluding hydrogens is 320 g/mol. The summed E-state index contributed by atoms with van der Waals surface area (Å²) >= 11 is 11.2. The standard InChI is InChI=1S/C7H7Cl2NO5S2.Li/c1-16(11,12)10-6-2-5(9)7(3-4(6)8)17(13,14)15;/h2-3,10H,1H3,(H,13,14,15);/q;+1/p-1. The second kappa shape index (κ2) is 6.01. The predicted molar refractivity (Wildman–Crippen MR) is 62.9 cm³/mol. The van der Waals surface area contributed by atoms with Crippen LogP contribution in [-0.4, -0.2) is 27.6 Å². The fourth-order valence-electron chi connectivity index (χ4n) is 0.998. The first-order valence-corrected chi connectivity index (χ1v) is 7.99. The van der Waals surface area contributed by atoms with E-state index in [1.54, 1.807) is 0 Å². The first kappa shape index (κ1) is 18.1. The molecule has 0 saturated heterocycles. The van der Waals surface area contributed by atoms with Gasteiger partial charge in [0.15, 0.2) is 0 Å². The van der Waals surface area contributed by atoms with Gasteiger partial charge in [0.25, 0.3) is 0 Å². The van der Waals surface area contributed by atoms with Gasteiger partial charge in [-0.25, -0.2) is 16.8 Å². The fourth-order valence-corrected chi connectivity index (χ4v) is 2.91. The molecule has 0 radical (unpaired) electrons. The Hall–Kier alpha value is 0.0574. The Bertz CT molecular complexity index is 659. The van der Waals surface area contributed by atoms with E-state index in [1.165, 1.54) is 0 Å². The summed E-state index contributed by atoms with van der Waals surface area (Å²) < 4.78 is 56.2. The smallest absolute Gasteiger partial charge is 0.744 e. The van der Waals surface area contributed by atoms with Crippen LogP contribution < -0.4 is 23.6 Å². The van der Waals surface area contributed by atoms with Gasteiger partial charge in [-0.3, -0.25) is 4.72 Å². The third-order valence-corrected chi connectivity index (χ3v) is 3.79. The summed E-state index contributed by atoms with van der Waals surface area (Å²) in [5, 5.41) is -0.648. The molecule has 0 heterocycles. The Balaban J connectivity index is 0.00000289. The number of nitrogens with one attached hydrogen (secondary N) is 1. The van der Waals surface area contributed by atoms with Crippen LogP contribution in [0.25, 0.3) is 0 Å². The average molecular weight is 326 g/mol. The zero-order valence-electron chi connectivity index (χ0n) is 9.27. The van der Waals surface area contributed by atoms with Gasteiger partial charge in [0.2, 0.25) is 10.0 Å². The molecule has 0 unspecified atom stereocenters. The molecule has 1 N–H and O–H groups in total. The Morgan fingerprint density at radius 3 is 2.00 bits per heavy atom. The number of sulfonamides is 1. The maximum absolute atomic E-state index is 11.0. The largest absolute Gasteiger partial charge is 1.00 e. The summed E-state index contributed by atoms with van der Waals surface area (Å²) in [6, 6.07) is 1.75. The molecule has 0 fully saturated rings. The van der Waals surface area contributed by atoms with Crippen molar-refractivity contribution in [2.45, 2.75) is 4.90 Å². The van der Waals surface area contributed by atoms with E-state index < -0.39 is 30.1 Å². The minimum atomic E-state index is -4.76. The van der Waals surface area contributed by atoms with Crippen molar-refractivity contribution >= 4 is 49.0 Å². The molecule has 0 aliphatic carbocycles. The van der Waals surface area contributed by atoms with Crippen molar-refractivity contribution in [3.63, 3.8) is 0 Å². The molecule has 1 aromatic carbocycles. The zero-order valence-corrected chi connectivity index (χ0v) is 12.4. The molecule has 96 valence electrons. The molecule has 6 nitrogen and oxygen atoms in total. The third kappa shape index (κ3) is 4.97. The normalized spacial score (nSPS) is 11.8. The van der Waals surface area contributed by atoms with Crippen LogP contribution in [0.4, 0.5) is 5.69 Å². The van der Waals surface area contributed by atoms with Crippen molar-refractivity contribution in [2.24, 2.45) is 0 Å². The average Bonchev–Trinajstić information content (AvgIpc) is 2.06. The first-order chi connectivity index (χ1) is 7.50. The molecule has 0 atom stereocenters. The Kier molecular flexibility index (Phi) is 6.03. The Morgan fingerprint density at radius 1 is 1.11 bits per heavy atom. The van der Waals surface area contributed by atoms with Crippen LogP contribution >= 0.6 is 23.2 Å². The first-order valence-electron chi connectivity index (χ1n) is 3.93. The second-order valence-electron chi connectivity index (χ2n) is 3.09. The summed E-state index contributed by atoms with van der Waals surface area (Å²) in [6.45, 7) is 0. The molecule has 11 heteroatoms. The van der Waals surface area contributed by atoms with Crippen LogP contribution in [0.5, 0.6) is 0 Å². The fraction of sp³-hybridized carbons (Fsp3) is 0.143. The van der Waals surface area contributed by atoms with Gasteiger partial charge in [-0.15, -0.1) is 0 Å². The van der Waals surface area contributed by atoms with E-state index in [2.05, 4.69) is 0 Å². The molecule has 0 spiro atoms. The summed E-state index contributed by atoms with van der Waals surface area (Å²) in [5.74, 6) is 0.